The molecule has 1 aromatic heterocycles. The number of ether oxygens (including phenoxy) is 2. The number of amides is 2. The Morgan fingerprint density at radius 2 is 2.03 bits per heavy atom. The first kappa shape index (κ1) is 27.1. The Morgan fingerprint density at radius 1 is 1.30 bits per heavy atom. The topological polar surface area (TPSA) is 89.8 Å². The average Bonchev–Trinajstić information content (AvgIpc) is 3.32. The summed E-state index contributed by atoms with van der Waals surface area (Å²) in [5.74, 6) is 0.586. The fourth-order valence-corrected chi connectivity index (χ4v) is 5.17. The summed E-state index contributed by atoms with van der Waals surface area (Å²) in [6, 6.07) is 2.74. The molecule has 202 valence electrons. The van der Waals surface area contributed by atoms with Crippen molar-refractivity contribution in [3.63, 3.8) is 0 Å². The first-order chi connectivity index (χ1) is 17.4. The van der Waals surface area contributed by atoms with Gasteiger partial charge in [-0.25, -0.2) is 18.3 Å². The highest BCUT2D eigenvalue weighted by atomic mass is 35.5. The Bertz CT molecular complexity index is 1180. The maximum Gasteiger partial charge on any atom is 0.410 e. The summed E-state index contributed by atoms with van der Waals surface area (Å²) in [6.45, 7) is 8.27. The molecule has 2 aromatic rings. The molecule has 0 N–H and O–H groups in total. The molecule has 1 aromatic carbocycles. The molecule has 0 unspecified atom stereocenters. The van der Waals surface area contributed by atoms with Crippen LogP contribution in [-0.2, 0) is 29.6 Å². The zero-order chi connectivity index (χ0) is 27.1. The van der Waals surface area contributed by atoms with Gasteiger partial charge in [0.05, 0.1) is 6.04 Å². The van der Waals surface area contributed by atoms with E-state index in [1.54, 1.807) is 42.7 Å². The van der Waals surface area contributed by atoms with Gasteiger partial charge in [0, 0.05) is 43.7 Å². The van der Waals surface area contributed by atoms with Crippen LogP contribution in [0, 0.1) is 5.92 Å². The van der Waals surface area contributed by atoms with Gasteiger partial charge in [-0.1, -0.05) is 23.7 Å². The van der Waals surface area contributed by atoms with Crippen molar-refractivity contribution in [3.8, 4) is 5.75 Å². The zero-order valence-electron chi connectivity index (χ0n) is 21.6. The number of aryl methyl sites for hydroxylation is 1. The molecular formula is C25H32ClF2N5O4. The lowest BCUT2D eigenvalue weighted by Gasteiger charge is -2.40. The van der Waals surface area contributed by atoms with Crippen LogP contribution in [0.15, 0.2) is 12.1 Å². The molecule has 0 spiro atoms. The minimum atomic E-state index is -2.77. The van der Waals surface area contributed by atoms with Crippen molar-refractivity contribution >= 4 is 23.6 Å². The van der Waals surface area contributed by atoms with E-state index in [1.165, 1.54) is 7.05 Å². The third kappa shape index (κ3) is 5.81. The molecule has 2 amide bonds. The van der Waals surface area contributed by atoms with Crippen molar-refractivity contribution in [2.45, 2.75) is 65.2 Å². The van der Waals surface area contributed by atoms with Crippen LogP contribution in [0.3, 0.4) is 0 Å². The van der Waals surface area contributed by atoms with Gasteiger partial charge in [0.25, 0.3) is 6.43 Å². The van der Waals surface area contributed by atoms with E-state index in [0.29, 0.717) is 42.3 Å². The molecule has 12 heteroatoms. The summed E-state index contributed by atoms with van der Waals surface area (Å²) in [6.07, 6.45) is -2.40. The summed E-state index contributed by atoms with van der Waals surface area (Å²) in [4.78, 5) is 29.3. The van der Waals surface area contributed by atoms with Crippen LogP contribution in [0.1, 0.15) is 69.1 Å². The summed E-state index contributed by atoms with van der Waals surface area (Å²) in [5.41, 5.74) is 0.398. The van der Waals surface area contributed by atoms with E-state index in [2.05, 4.69) is 10.3 Å². The lowest BCUT2D eigenvalue weighted by molar-refractivity contribution is -0.128. The highest BCUT2D eigenvalue weighted by molar-refractivity contribution is 6.31. The van der Waals surface area contributed by atoms with Crippen LogP contribution in [0.25, 0.3) is 0 Å². The van der Waals surface area contributed by atoms with Crippen LogP contribution in [0.2, 0.25) is 5.02 Å². The Labute approximate surface area is 219 Å². The second-order valence-electron chi connectivity index (χ2n) is 10.6. The Hall–Kier alpha value is -2.95. The quantitative estimate of drug-likeness (QED) is 0.529. The summed E-state index contributed by atoms with van der Waals surface area (Å²) in [5, 5.41) is 8.03. The molecule has 0 radical (unpaired) electrons. The van der Waals surface area contributed by atoms with Crippen LogP contribution in [0.5, 0.6) is 5.75 Å². The largest absolute Gasteiger partial charge is 0.487 e. The fourth-order valence-electron chi connectivity index (χ4n) is 4.91. The third-order valence-corrected chi connectivity index (χ3v) is 6.87. The number of benzene rings is 1. The molecular weight excluding hydrogens is 508 g/mol. The van der Waals surface area contributed by atoms with Gasteiger partial charge in [-0.2, -0.15) is 0 Å². The number of hydrogen-bond acceptors (Lipinski definition) is 6. The second-order valence-corrected chi connectivity index (χ2v) is 11.0. The van der Waals surface area contributed by atoms with Crippen molar-refractivity contribution in [1.82, 2.24) is 24.8 Å². The predicted octanol–water partition coefficient (Wildman–Crippen LogP) is 4.69. The maximum absolute atomic E-state index is 13.5. The average molecular weight is 540 g/mol. The van der Waals surface area contributed by atoms with E-state index in [1.807, 2.05) is 6.92 Å². The lowest BCUT2D eigenvalue weighted by atomic mass is 9.91. The molecule has 9 nitrogen and oxygen atoms in total. The van der Waals surface area contributed by atoms with Crippen LogP contribution in [0.4, 0.5) is 13.6 Å². The van der Waals surface area contributed by atoms with E-state index in [9.17, 15) is 18.4 Å². The van der Waals surface area contributed by atoms with Crippen molar-refractivity contribution < 1.29 is 27.8 Å². The van der Waals surface area contributed by atoms with Gasteiger partial charge in [-0.3, -0.25) is 9.69 Å². The normalized spacial score (nSPS) is 20.0. The van der Waals surface area contributed by atoms with E-state index >= 15 is 0 Å². The molecule has 2 aliphatic heterocycles. The monoisotopic (exact) mass is 539 g/mol. The maximum atomic E-state index is 13.5. The number of rotatable bonds is 6. The highest BCUT2D eigenvalue weighted by Gasteiger charge is 2.40. The molecule has 3 heterocycles. The Kier molecular flexibility index (Phi) is 7.64. The van der Waals surface area contributed by atoms with Crippen molar-refractivity contribution in [3.05, 3.63) is 39.7 Å². The Morgan fingerprint density at radius 3 is 2.65 bits per heavy atom. The molecule has 4 rings (SSSR count). The summed E-state index contributed by atoms with van der Waals surface area (Å²) < 4.78 is 39.8. The molecule has 37 heavy (non-hydrogen) atoms. The van der Waals surface area contributed by atoms with Crippen LogP contribution in [-0.4, -0.2) is 62.0 Å². The molecule has 1 saturated heterocycles. The van der Waals surface area contributed by atoms with Crippen molar-refractivity contribution in [2.75, 3.05) is 19.6 Å². The van der Waals surface area contributed by atoms with Crippen molar-refractivity contribution in [2.24, 2.45) is 13.0 Å². The second kappa shape index (κ2) is 10.4. The van der Waals surface area contributed by atoms with E-state index in [-0.39, 0.29) is 36.4 Å². The van der Waals surface area contributed by atoms with E-state index in [4.69, 9.17) is 21.1 Å². The zero-order valence-corrected chi connectivity index (χ0v) is 22.4. The van der Waals surface area contributed by atoms with Crippen LogP contribution >= 0.6 is 11.6 Å². The number of carbonyl (C=O) groups is 2. The number of nitrogens with zero attached hydrogens (tertiary/aromatic N) is 5. The number of hydrogen-bond donors (Lipinski definition) is 0. The molecule has 0 saturated carbocycles. The van der Waals surface area contributed by atoms with Gasteiger partial charge in [0.15, 0.2) is 0 Å². The van der Waals surface area contributed by atoms with Crippen LogP contribution < -0.4 is 4.74 Å². The van der Waals surface area contributed by atoms with Gasteiger partial charge in [0.1, 0.15) is 29.3 Å². The third-order valence-electron chi connectivity index (χ3n) is 6.52. The number of likely N-dealkylation sites (tertiary alicyclic amines) is 1. The standard InChI is InChI=1S/C25H32ClF2N5O4/c1-14-10-20(34)32(11-14)12-18-21-15(8-9-33(18)24(35)37-25(2,3)4)16(26)6-7-19(21)36-13-17-22(23(27)28)31(5)30-29-17/h6-7,14,18,23H,8-13H2,1-5H3/t14-,18-/m1/s1. The molecule has 0 bridgehead atoms. The predicted molar refractivity (Wildman–Crippen MR) is 131 cm³/mol. The summed E-state index contributed by atoms with van der Waals surface area (Å²) >= 11 is 6.57. The number of fused-ring (bicyclic) bond motifs is 1. The fraction of sp³-hybridized carbons (Fsp3) is 0.600. The number of alkyl halides is 2. The summed E-state index contributed by atoms with van der Waals surface area (Å²) in [7, 11) is 1.39. The lowest BCUT2D eigenvalue weighted by Crippen LogP contribution is -2.47. The van der Waals surface area contributed by atoms with Gasteiger partial charge < -0.3 is 14.4 Å². The van der Waals surface area contributed by atoms with Gasteiger partial charge in [0.2, 0.25) is 5.91 Å². The minimum absolute atomic E-state index is 0.00870. The molecule has 2 aliphatic rings. The van der Waals surface area contributed by atoms with E-state index < -0.39 is 24.2 Å². The van der Waals surface area contributed by atoms with Gasteiger partial charge >= 0.3 is 6.09 Å². The van der Waals surface area contributed by atoms with Crippen molar-refractivity contribution in [1.29, 1.82) is 0 Å². The number of halogens is 3. The highest BCUT2D eigenvalue weighted by Crippen LogP contribution is 2.42. The number of carbonyl (C=O) groups excluding carboxylic acids is 2. The van der Waals surface area contributed by atoms with E-state index in [0.717, 1.165) is 10.2 Å². The molecule has 0 aliphatic carbocycles. The van der Waals surface area contributed by atoms with Gasteiger partial charge in [-0.15, -0.1) is 5.10 Å². The smallest absolute Gasteiger partial charge is 0.410 e. The molecule has 2 atom stereocenters. The van der Waals surface area contributed by atoms with Gasteiger partial charge in [-0.05, 0) is 50.8 Å². The Balaban J connectivity index is 1.72. The SMILES string of the molecule is C[C@@H]1CC(=O)N(C[C@@H]2c3c(OCc4nnn(C)c4C(F)F)ccc(Cl)c3CCN2C(=O)OC(C)(C)C)C1. The minimum Gasteiger partial charge on any atom is -0.487 e. The first-order valence-electron chi connectivity index (χ1n) is 12.2. The first-order valence-corrected chi connectivity index (χ1v) is 12.6. The molecule has 1 fully saturated rings. The number of aromatic nitrogens is 3.